The van der Waals surface area contributed by atoms with Crippen LogP contribution in [-0.2, 0) is 14.4 Å². The van der Waals surface area contributed by atoms with Crippen molar-refractivity contribution in [3.05, 3.63) is 66.0 Å². The van der Waals surface area contributed by atoms with Crippen LogP contribution in [0.2, 0.25) is 0 Å². The number of hydrogen-bond donors (Lipinski definition) is 1. The smallest absolute Gasteiger partial charge is 0.244 e. The van der Waals surface area contributed by atoms with E-state index >= 15 is 0 Å². The Kier molecular flexibility index (Phi) is 4.23. The van der Waals surface area contributed by atoms with Gasteiger partial charge in [0.15, 0.2) is 0 Å². The van der Waals surface area contributed by atoms with E-state index in [9.17, 15) is 18.8 Å². The quantitative estimate of drug-likeness (QED) is 0.813. The lowest BCUT2D eigenvalue weighted by Gasteiger charge is -2.28. The summed E-state index contributed by atoms with van der Waals surface area (Å²) in [6.45, 7) is -0.294. The highest BCUT2D eigenvalue weighted by molar-refractivity contribution is 6.09. The highest BCUT2D eigenvalue weighted by Crippen LogP contribution is 2.61. The van der Waals surface area contributed by atoms with Crippen molar-refractivity contribution in [2.45, 2.75) is 18.8 Å². The minimum atomic E-state index is -0.453. The molecular formula is C23H21FN2O3. The van der Waals surface area contributed by atoms with Crippen molar-refractivity contribution >= 4 is 23.4 Å². The second-order valence-electron chi connectivity index (χ2n) is 8.28. The SMILES string of the molecule is O=C(CN1C(=O)[C@@H]2[C@@H]3C[C@H]([C@H]2C1=O)[C@H](c1ccccc1)C3)Nc1ccc(F)cc1. The van der Waals surface area contributed by atoms with E-state index in [1.54, 1.807) is 0 Å². The number of amides is 3. The fourth-order valence-corrected chi connectivity index (χ4v) is 5.64. The number of hydrogen-bond acceptors (Lipinski definition) is 3. The number of nitrogens with zero attached hydrogens (tertiary/aromatic N) is 1. The van der Waals surface area contributed by atoms with Crippen LogP contribution in [0.1, 0.15) is 24.3 Å². The van der Waals surface area contributed by atoms with Crippen molar-refractivity contribution in [3.63, 3.8) is 0 Å². The third kappa shape index (κ3) is 2.94. The fourth-order valence-electron chi connectivity index (χ4n) is 5.64. The minimum Gasteiger partial charge on any atom is -0.325 e. The Morgan fingerprint density at radius 1 is 0.966 bits per heavy atom. The molecule has 2 aromatic rings. The van der Waals surface area contributed by atoms with Crippen LogP contribution in [0.5, 0.6) is 0 Å². The Bertz CT molecular complexity index is 975. The average Bonchev–Trinajstić information content (AvgIpc) is 3.38. The molecule has 29 heavy (non-hydrogen) atoms. The Hall–Kier alpha value is -3.02. The monoisotopic (exact) mass is 392 g/mol. The van der Waals surface area contributed by atoms with Crippen molar-refractivity contribution in [1.29, 1.82) is 0 Å². The maximum absolute atomic E-state index is 13.1. The van der Waals surface area contributed by atoms with Gasteiger partial charge in [-0.1, -0.05) is 30.3 Å². The summed E-state index contributed by atoms with van der Waals surface area (Å²) in [5.74, 6) is -1.22. The number of nitrogens with one attached hydrogen (secondary N) is 1. The van der Waals surface area contributed by atoms with Crippen molar-refractivity contribution in [3.8, 4) is 0 Å². The molecule has 5 nitrogen and oxygen atoms in total. The van der Waals surface area contributed by atoms with Gasteiger partial charge in [0.1, 0.15) is 12.4 Å². The first-order valence-electron chi connectivity index (χ1n) is 9.98. The van der Waals surface area contributed by atoms with E-state index in [0.717, 1.165) is 17.7 Å². The minimum absolute atomic E-state index is 0.161. The molecule has 0 aromatic heterocycles. The van der Waals surface area contributed by atoms with Gasteiger partial charge in [-0.05, 0) is 60.4 Å². The molecule has 3 amide bonds. The highest BCUT2D eigenvalue weighted by Gasteiger charge is 2.63. The number of carbonyl (C=O) groups excluding carboxylic acids is 3. The molecule has 1 saturated heterocycles. The molecule has 2 bridgehead atoms. The zero-order valence-corrected chi connectivity index (χ0v) is 15.8. The number of carbonyl (C=O) groups is 3. The first-order chi connectivity index (χ1) is 14.0. The lowest BCUT2D eigenvalue weighted by Crippen LogP contribution is -2.39. The Morgan fingerprint density at radius 3 is 2.38 bits per heavy atom. The second kappa shape index (κ2) is 6.79. The largest absolute Gasteiger partial charge is 0.325 e. The van der Waals surface area contributed by atoms with Crippen molar-refractivity contribution in [2.75, 3.05) is 11.9 Å². The van der Waals surface area contributed by atoms with Crippen LogP contribution in [0.4, 0.5) is 10.1 Å². The van der Waals surface area contributed by atoms with Crippen LogP contribution < -0.4 is 5.32 Å². The van der Waals surface area contributed by atoms with E-state index < -0.39 is 11.7 Å². The Balaban J connectivity index is 1.31. The zero-order valence-electron chi connectivity index (χ0n) is 15.8. The molecular weight excluding hydrogens is 371 g/mol. The summed E-state index contributed by atoms with van der Waals surface area (Å²) >= 11 is 0. The number of benzene rings is 2. The van der Waals surface area contributed by atoms with E-state index in [1.807, 2.05) is 18.2 Å². The summed E-state index contributed by atoms with van der Waals surface area (Å²) in [5, 5.41) is 2.62. The third-order valence-corrected chi connectivity index (χ3v) is 6.76. The van der Waals surface area contributed by atoms with E-state index in [-0.39, 0.29) is 42.0 Å². The topological polar surface area (TPSA) is 66.5 Å². The van der Waals surface area contributed by atoms with Gasteiger partial charge < -0.3 is 5.32 Å². The molecule has 1 N–H and O–H groups in total. The van der Waals surface area contributed by atoms with Crippen LogP contribution in [-0.4, -0.2) is 29.2 Å². The lowest BCUT2D eigenvalue weighted by molar-refractivity contribution is -0.143. The number of anilines is 1. The number of rotatable bonds is 4. The van der Waals surface area contributed by atoms with E-state index in [0.29, 0.717) is 11.6 Å². The lowest BCUT2D eigenvalue weighted by atomic mass is 9.73. The molecule has 0 spiro atoms. The van der Waals surface area contributed by atoms with Crippen LogP contribution in [0, 0.1) is 29.5 Å². The molecule has 148 valence electrons. The summed E-state index contributed by atoms with van der Waals surface area (Å²) in [5.41, 5.74) is 1.66. The second-order valence-corrected chi connectivity index (χ2v) is 8.28. The maximum Gasteiger partial charge on any atom is 0.244 e. The van der Waals surface area contributed by atoms with Gasteiger partial charge in [0.2, 0.25) is 17.7 Å². The molecule has 6 heteroatoms. The number of fused-ring (bicyclic) bond motifs is 5. The average molecular weight is 392 g/mol. The van der Waals surface area contributed by atoms with Crippen molar-refractivity contribution < 1.29 is 18.8 Å². The molecule has 2 saturated carbocycles. The molecule has 5 atom stereocenters. The molecule has 2 aliphatic carbocycles. The third-order valence-electron chi connectivity index (χ3n) is 6.76. The van der Waals surface area contributed by atoms with Gasteiger partial charge in [0, 0.05) is 5.69 Å². The van der Waals surface area contributed by atoms with Crippen LogP contribution in [0.15, 0.2) is 54.6 Å². The van der Waals surface area contributed by atoms with Crippen LogP contribution in [0.25, 0.3) is 0 Å². The molecule has 2 aromatic carbocycles. The molecule has 5 rings (SSSR count). The van der Waals surface area contributed by atoms with Gasteiger partial charge in [-0.3, -0.25) is 19.3 Å². The van der Waals surface area contributed by atoms with Crippen LogP contribution >= 0.6 is 0 Å². The summed E-state index contributed by atoms with van der Waals surface area (Å²) in [6, 6.07) is 15.6. The Morgan fingerprint density at radius 2 is 1.66 bits per heavy atom. The number of imide groups is 1. The molecule has 3 fully saturated rings. The van der Waals surface area contributed by atoms with E-state index in [2.05, 4.69) is 17.4 Å². The van der Waals surface area contributed by atoms with Gasteiger partial charge >= 0.3 is 0 Å². The first-order valence-corrected chi connectivity index (χ1v) is 9.98. The standard InChI is InChI=1S/C23H21FN2O3/c24-15-6-8-16(9-7-15)25-19(27)12-26-22(28)20-14-10-17(13-4-2-1-3-5-13)18(11-14)21(20)23(26)29/h1-9,14,17-18,20-21H,10-12H2,(H,25,27)/t14-,17-,18-,20+,21+/m0/s1. The summed E-state index contributed by atoms with van der Waals surface area (Å²) in [7, 11) is 0. The molecule has 0 unspecified atom stereocenters. The fraction of sp³-hybridized carbons (Fsp3) is 0.348. The van der Waals surface area contributed by atoms with Crippen molar-refractivity contribution in [2.24, 2.45) is 23.7 Å². The van der Waals surface area contributed by atoms with Gasteiger partial charge in [-0.2, -0.15) is 0 Å². The van der Waals surface area contributed by atoms with Gasteiger partial charge in [0.05, 0.1) is 11.8 Å². The summed E-state index contributed by atoms with van der Waals surface area (Å²) in [6.07, 6.45) is 1.83. The molecule has 3 aliphatic rings. The molecule has 1 aliphatic heterocycles. The summed E-state index contributed by atoms with van der Waals surface area (Å²) < 4.78 is 13.0. The van der Waals surface area contributed by atoms with E-state index in [4.69, 9.17) is 0 Å². The Labute approximate surface area is 167 Å². The predicted octanol–water partition coefficient (Wildman–Crippen LogP) is 3.19. The van der Waals surface area contributed by atoms with Gasteiger partial charge in [-0.25, -0.2) is 4.39 Å². The molecule has 0 radical (unpaired) electrons. The highest BCUT2D eigenvalue weighted by atomic mass is 19.1. The predicted molar refractivity (Wildman–Crippen MR) is 104 cm³/mol. The maximum atomic E-state index is 13.1. The zero-order chi connectivity index (χ0) is 20.1. The number of likely N-dealkylation sites (tertiary alicyclic amines) is 1. The van der Waals surface area contributed by atoms with Gasteiger partial charge in [-0.15, -0.1) is 0 Å². The van der Waals surface area contributed by atoms with Crippen molar-refractivity contribution in [1.82, 2.24) is 4.90 Å². The van der Waals surface area contributed by atoms with E-state index in [1.165, 1.54) is 29.8 Å². The van der Waals surface area contributed by atoms with Crippen LogP contribution in [0.3, 0.4) is 0 Å². The van der Waals surface area contributed by atoms with Gasteiger partial charge in [0.25, 0.3) is 0 Å². The normalized spacial score (nSPS) is 30.0. The summed E-state index contributed by atoms with van der Waals surface area (Å²) in [4.78, 5) is 39.5. The molecule has 1 heterocycles. The first kappa shape index (κ1) is 18.0. The number of halogens is 1.